The highest BCUT2D eigenvalue weighted by Crippen LogP contribution is 2.20. The van der Waals surface area contributed by atoms with E-state index < -0.39 is 9.84 Å². The molecule has 0 bridgehead atoms. The first-order chi connectivity index (χ1) is 8.39. The lowest BCUT2D eigenvalue weighted by molar-refractivity contribution is 0.567. The molecule has 0 saturated carbocycles. The van der Waals surface area contributed by atoms with Crippen LogP contribution in [-0.2, 0) is 9.84 Å². The number of nitrogens with one attached hydrogen (secondary N) is 1. The Kier molecular flexibility index (Phi) is 3.25. The highest BCUT2D eigenvalue weighted by Gasteiger charge is 2.28. The fraction of sp³-hybridized carbons (Fsp3) is 0.455. The fourth-order valence-electron chi connectivity index (χ4n) is 2.08. The summed E-state index contributed by atoms with van der Waals surface area (Å²) in [4.78, 5) is 6.16. The molecule has 2 rings (SSSR count). The van der Waals surface area contributed by atoms with Crippen molar-refractivity contribution in [3.63, 3.8) is 0 Å². The highest BCUT2D eigenvalue weighted by atomic mass is 32.2. The summed E-state index contributed by atoms with van der Waals surface area (Å²) in [6.07, 6.45) is 1.59. The van der Waals surface area contributed by atoms with E-state index in [0.717, 1.165) is 0 Å². The summed E-state index contributed by atoms with van der Waals surface area (Å²) < 4.78 is 23.0. The Labute approximate surface area is 106 Å². The predicted molar refractivity (Wildman–Crippen MR) is 70.7 cm³/mol. The number of amidine groups is 1. The molecule has 98 valence electrons. The lowest BCUT2D eigenvalue weighted by Gasteiger charge is -2.34. The van der Waals surface area contributed by atoms with E-state index in [1.54, 1.807) is 18.3 Å². The molecule has 0 amide bonds. The van der Waals surface area contributed by atoms with E-state index in [0.29, 0.717) is 17.9 Å². The second kappa shape index (κ2) is 4.56. The molecule has 0 aromatic carbocycles. The lowest BCUT2D eigenvalue weighted by atomic mass is 10.2. The van der Waals surface area contributed by atoms with Gasteiger partial charge in [0.1, 0.15) is 11.7 Å². The van der Waals surface area contributed by atoms with Crippen molar-refractivity contribution in [2.45, 2.75) is 13.0 Å². The molecule has 1 unspecified atom stereocenters. The molecule has 0 aliphatic carbocycles. The van der Waals surface area contributed by atoms with E-state index in [-0.39, 0.29) is 23.4 Å². The van der Waals surface area contributed by atoms with Crippen molar-refractivity contribution in [2.24, 2.45) is 5.73 Å². The number of hydrogen-bond acceptors (Lipinski definition) is 5. The zero-order valence-electron chi connectivity index (χ0n) is 10.1. The first kappa shape index (κ1) is 12.8. The van der Waals surface area contributed by atoms with Crippen LogP contribution in [0.5, 0.6) is 0 Å². The van der Waals surface area contributed by atoms with Crippen molar-refractivity contribution in [3.05, 3.63) is 23.9 Å². The predicted octanol–water partition coefficient (Wildman–Crippen LogP) is -0.0110. The summed E-state index contributed by atoms with van der Waals surface area (Å²) >= 11 is 0. The highest BCUT2D eigenvalue weighted by molar-refractivity contribution is 7.91. The molecular weight excluding hydrogens is 252 g/mol. The van der Waals surface area contributed by atoms with Crippen molar-refractivity contribution >= 4 is 21.5 Å². The van der Waals surface area contributed by atoms with Gasteiger partial charge in [0.05, 0.1) is 11.5 Å². The number of nitrogens with two attached hydrogens (primary N) is 1. The SMILES string of the molecule is CC1CS(=O)(=O)CCN1c1cc(C(=N)N)ccn1. The minimum atomic E-state index is -2.94. The molecule has 1 aromatic rings. The second-order valence-electron chi connectivity index (χ2n) is 4.47. The summed E-state index contributed by atoms with van der Waals surface area (Å²) in [5, 5.41) is 7.39. The molecule has 1 aliphatic heterocycles. The third-order valence-corrected chi connectivity index (χ3v) is 4.82. The molecule has 1 aromatic heterocycles. The van der Waals surface area contributed by atoms with Gasteiger partial charge in [0.2, 0.25) is 0 Å². The maximum absolute atomic E-state index is 11.5. The number of nitrogens with zero attached hydrogens (tertiary/aromatic N) is 2. The van der Waals surface area contributed by atoms with Crippen LogP contribution in [0.1, 0.15) is 12.5 Å². The molecule has 1 fully saturated rings. The summed E-state index contributed by atoms with van der Waals surface area (Å²) in [5.41, 5.74) is 6.03. The second-order valence-corrected chi connectivity index (χ2v) is 6.70. The Morgan fingerprint density at radius 1 is 1.61 bits per heavy atom. The Bertz CT molecular complexity index is 570. The molecule has 6 nitrogen and oxygen atoms in total. The third-order valence-electron chi connectivity index (χ3n) is 3.02. The Morgan fingerprint density at radius 2 is 2.33 bits per heavy atom. The Morgan fingerprint density at radius 3 is 2.94 bits per heavy atom. The molecule has 18 heavy (non-hydrogen) atoms. The molecule has 7 heteroatoms. The van der Waals surface area contributed by atoms with Gasteiger partial charge in [-0.25, -0.2) is 13.4 Å². The largest absolute Gasteiger partial charge is 0.384 e. The van der Waals surface area contributed by atoms with Crippen LogP contribution in [0.25, 0.3) is 0 Å². The number of hydrogen-bond donors (Lipinski definition) is 2. The van der Waals surface area contributed by atoms with E-state index in [9.17, 15) is 8.42 Å². The van der Waals surface area contributed by atoms with E-state index in [1.807, 2.05) is 11.8 Å². The zero-order valence-corrected chi connectivity index (χ0v) is 10.9. The van der Waals surface area contributed by atoms with Gasteiger partial charge in [0, 0.05) is 24.3 Å². The average molecular weight is 268 g/mol. The average Bonchev–Trinajstić information content (AvgIpc) is 2.28. The monoisotopic (exact) mass is 268 g/mol. The summed E-state index contributed by atoms with van der Waals surface area (Å²) in [6.45, 7) is 2.29. The molecule has 3 N–H and O–H groups in total. The Hall–Kier alpha value is -1.63. The number of nitrogen functional groups attached to an aromatic ring is 1. The topological polar surface area (TPSA) is 100 Å². The van der Waals surface area contributed by atoms with Crippen molar-refractivity contribution in [1.82, 2.24) is 4.98 Å². The van der Waals surface area contributed by atoms with Crippen LogP contribution < -0.4 is 10.6 Å². The van der Waals surface area contributed by atoms with Crippen molar-refractivity contribution in [3.8, 4) is 0 Å². The van der Waals surface area contributed by atoms with Gasteiger partial charge in [-0.3, -0.25) is 5.41 Å². The molecule has 1 atom stereocenters. The van der Waals surface area contributed by atoms with Gasteiger partial charge in [0.25, 0.3) is 0 Å². The van der Waals surface area contributed by atoms with E-state index in [4.69, 9.17) is 11.1 Å². The first-order valence-electron chi connectivity index (χ1n) is 5.66. The van der Waals surface area contributed by atoms with Gasteiger partial charge in [-0.2, -0.15) is 0 Å². The van der Waals surface area contributed by atoms with Gasteiger partial charge in [-0.05, 0) is 19.1 Å². The number of anilines is 1. The van der Waals surface area contributed by atoms with Gasteiger partial charge >= 0.3 is 0 Å². The van der Waals surface area contributed by atoms with Crippen molar-refractivity contribution in [1.29, 1.82) is 5.41 Å². The minimum Gasteiger partial charge on any atom is -0.384 e. The van der Waals surface area contributed by atoms with Crippen LogP contribution in [0.2, 0.25) is 0 Å². The summed E-state index contributed by atoms with van der Waals surface area (Å²) in [7, 11) is -2.94. The molecule has 0 radical (unpaired) electrons. The number of pyridine rings is 1. The standard InChI is InChI=1S/C11H16N4O2S/c1-8-7-18(16,17)5-4-15(8)10-6-9(11(12)13)2-3-14-10/h2-3,6,8H,4-5,7H2,1H3,(H3,12,13). The maximum atomic E-state index is 11.5. The molecular formula is C11H16N4O2S. The van der Waals surface area contributed by atoms with Crippen molar-refractivity contribution in [2.75, 3.05) is 23.0 Å². The first-order valence-corrected chi connectivity index (χ1v) is 7.49. The van der Waals surface area contributed by atoms with Crippen LogP contribution in [0.3, 0.4) is 0 Å². The van der Waals surface area contributed by atoms with Crippen LogP contribution in [-0.4, -0.2) is 43.3 Å². The third kappa shape index (κ3) is 2.61. The maximum Gasteiger partial charge on any atom is 0.154 e. The van der Waals surface area contributed by atoms with E-state index in [2.05, 4.69) is 4.98 Å². The smallest absolute Gasteiger partial charge is 0.154 e. The van der Waals surface area contributed by atoms with Crippen LogP contribution in [0.15, 0.2) is 18.3 Å². The molecule has 1 aliphatic rings. The number of sulfone groups is 1. The van der Waals surface area contributed by atoms with E-state index in [1.165, 1.54) is 0 Å². The van der Waals surface area contributed by atoms with Crippen LogP contribution >= 0.6 is 0 Å². The van der Waals surface area contributed by atoms with Crippen LogP contribution in [0, 0.1) is 5.41 Å². The normalized spacial score (nSPS) is 22.7. The number of aromatic nitrogens is 1. The van der Waals surface area contributed by atoms with Crippen molar-refractivity contribution < 1.29 is 8.42 Å². The number of rotatable bonds is 2. The minimum absolute atomic E-state index is 0.0177. The lowest BCUT2D eigenvalue weighted by Crippen LogP contribution is -2.47. The molecule has 2 heterocycles. The van der Waals surface area contributed by atoms with Gasteiger partial charge in [0.15, 0.2) is 9.84 Å². The Balaban J connectivity index is 2.27. The van der Waals surface area contributed by atoms with Crippen LogP contribution in [0.4, 0.5) is 5.82 Å². The van der Waals surface area contributed by atoms with E-state index >= 15 is 0 Å². The van der Waals surface area contributed by atoms with Gasteiger partial charge in [-0.1, -0.05) is 0 Å². The summed E-state index contributed by atoms with van der Waals surface area (Å²) in [5.74, 6) is 0.934. The van der Waals surface area contributed by atoms with Gasteiger partial charge < -0.3 is 10.6 Å². The fourth-order valence-corrected chi connectivity index (χ4v) is 3.64. The quantitative estimate of drug-likeness (QED) is 0.580. The zero-order chi connectivity index (χ0) is 13.3. The van der Waals surface area contributed by atoms with Gasteiger partial charge in [-0.15, -0.1) is 0 Å². The molecule has 1 saturated heterocycles. The summed E-state index contributed by atoms with van der Waals surface area (Å²) in [6, 6.07) is 3.27. The molecule has 0 spiro atoms.